The molecular formula is C16H15F. The summed E-state index contributed by atoms with van der Waals surface area (Å²) in [7, 11) is 0. The highest BCUT2D eigenvalue weighted by Crippen LogP contribution is 2.26. The third-order valence-electron chi connectivity index (χ3n) is 2.82. The summed E-state index contributed by atoms with van der Waals surface area (Å²) in [5.41, 5.74) is 1.89. The lowest BCUT2D eigenvalue weighted by molar-refractivity contribution is 0.572. The summed E-state index contributed by atoms with van der Waals surface area (Å²) in [6, 6.07) is 19.2. The Morgan fingerprint density at radius 2 is 1.47 bits per heavy atom. The molecule has 0 bridgehead atoms. The van der Waals surface area contributed by atoms with Gasteiger partial charge in [0.05, 0.1) is 0 Å². The molecule has 0 N–H and O–H groups in total. The van der Waals surface area contributed by atoms with Gasteiger partial charge in [0.25, 0.3) is 0 Å². The van der Waals surface area contributed by atoms with Crippen molar-refractivity contribution in [2.24, 2.45) is 0 Å². The van der Waals surface area contributed by atoms with E-state index in [1.54, 1.807) is 6.08 Å². The maximum Gasteiger partial charge on any atom is 0.108 e. The Labute approximate surface area is 101 Å². The van der Waals surface area contributed by atoms with Gasteiger partial charge in [-0.25, -0.2) is 4.39 Å². The molecule has 0 aliphatic rings. The summed E-state index contributed by atoms with van der Waals surface area (Å²) in [6.45, 7) is 1.88. The van der Waals surface area contributed by atoms with Gasteiger partial charge in [-0.1, -0.05) is 67.6 Å². The van der Waals surface area contributed by atoms with Gasteiger partial charge in [-0.05, 0) is 17.2 Å². The fraction of sp³-hybridized carbons (Fsp3) is 0.125. The highest BCUT2D eigenvalue weighted by molar-refractivity contribution is 5.52. The van der Waals surface area contributed by atoms with E-state index in [2.05, 4.69) is 0 Å². The quantitative estimate of drug-likeness (QED) is 0.705. The van der Waals surface area contributed by atoms with Crippen LogP contribution in [-0.2, 0) is 0 Å². The molecule has 0 aromatic heterocycles. The van der Waals surface area contributed by atoms with Crippen LogP contribution in [0, 0.1) is 0 Å². The van der Waals surface area contributed by atoms with Crippen molar-refractivity contribution in [2.75, 3.05) is 0 Å². The minimum absolute atomic E-state index is 0.109. The first-order valence-corrected chi connectivity index (χ1v) is 5.74. The molecule has 0 aliphatic heterocycles. The Hall–Kier alpha value is -1.89. The van der Waals surface area contributed by atoms with Crippen LogP contribution in [-0.4, -0.2) is 0 Å². The van der Waals surface area contributed by atoms with Crippen molar-refractivity contribution in [1.82, 2.24) is 0 Å². The van der Waals surface area contributed by atoms with Crippen LogP contribution in [0.1, 0.15) is 24.0 Å². The third-order valence-corrected chi connectivity index (χ3v) is 2.82. The molecule has 0 saturated carbocycles. The van der Waals surface area contributed by atoms with E-state index in [0.717, 1.165) is 11.1 Å². The fourth-order valence-corrected chi connectivity index (χ4v) is 1.73. The Kier molecular flexibility index (Phi) is 3.71. The van der Waals surface area contributed by atoms with Crippen molar-refractivity contribution < 1.29 is 4.39 Å². The van der Waals surface area contributed by atoms with Crippen LogP contribution in [0.4, 0.5) is 4.39 Å². The number of benzene rings is 2. The molecule has 1 atom stereocenters. The zero-order chi connectivity index (χ0) is 12.1. The molecule has 0 spiro atoms. The smallest absolute Gasteiger partial charge is 0.108 e. The molecule has 0 amide bonds. The molecule has 2 aromatic carbocycles. The predicted octanol–water partition coefficient (Wildman–Crippen LogP) is 4.80. The molecule has 0 aliphatic carbocycles. The highest BCUT2D eigenvalue weighted by atomic mass is 19.1. The summed E-state index contributed by atoms with van der Waals surface area (Å²) >= 11 is 0. The summed E-state index contributed by atoms with van der Waals surface area (Å²) < 4.78 is 14.0. The Morgan fingerprint density at radius 1 is 0.941 bits per heavy atom. The molecule has 0 heterocycles. The Balaban J connectivity index is 2.21. The van der Waals surface area contributed by atoms with E-state index in [9.17, 15) is 4.39 Å². The summed E-state index contributed by atoms with van der Waals surface area (Å²) in [4.78, 5) is 0. The number of halogens is 1. The van der Waals surface area contributed by atoms with E-state index >= 15 is 0 Å². The van der Waals surface area contributed by atoms with Crippen LogP contribution in [0.15, 0.2) is 66.5 Å². The van der Waals surface area contributed by atoms with Gasteiger partial charge in [0.2, 0.25) is 0 Å². The zero-order valence-corrected chi connectivity index (χ0v) is 9.81. The number of allylic oxidation sites excluding steroid dienone is 1. The average molecular weight is 226 g/mol. The Bertz CT molecular complexity index is 485. The fourth-order valence-electron chi connectivity index (χ4n) is 1.73. The summed E-state index contributed by atoms with van der Waals surface area (Å²) in [6.07, 6.45) is 1.59. The topological polar surface area (TPSA) is 0 Å². The van der Waals surface area contributed by atoms with Crippen LogP contribution < -0.4 is 0 Å². The van der Waals surface area contributed by atoms with Crippen LogP contribution in [0.3, 0.4) is 0 Å². The van der Waals surface area contributed by atoms with E-state index < -0.39 is 0 Å². The number of rotatable bonds is 3. The van der Waals surface area contributed by atoms with Gasteiger partial charge in [0, 0.05) is 5.92 Å². The van der Waals surface area contributed by atoms with Crippen LogP contribution >= 0.6 is 0 Å². The lowest BCUT2D eigenvalue weighted by Gasteiger charge is -2.09. The third kappa shape index (κ3) is 3.04. The van der Waals surface area contributed by atoms with Gasteiger partial charge in [-0.3, -0.25) is 0 Å². The average Bonchev–Trinajstić information content (AvgIpc) is 2.40. The zero-order valence-electron chi connectivity index (χ0n) is 9.81. The maximum atomic E-state index is 14.0. The predicted molar refractivity (Wildman–Crippen MR) is 70.4 cm³/mol. The van der Waals surface area contributed by atoms with Crippen molar-refractivity contribution in [3.05, 3.63) is 77.6 Å². The molecule has 0 nitrogen and oxygen atoms in total. The van der Waals surface area contributed by atoms with Gasteiger partial charge >= 0.3 is 0 Å². The molecular weight excluding hydrogens is 211 g/mol. The van der Waals surface area contributed by atoms with E-state index in [-0.39, 0.29) is 11.7 Å². The molecule has 2 rings (SSSR count). The number of hydrogen-bond donors (Lipinski definition) is 0. The van der Waals surface area contributed by atoms with Crippen molar-refractivity contribution in [2.45, 2.75) is 12.8 Å². The Morgan fingerprint density at radius 3 is 2.06 bits per heavy atom. The monoisotopic (exact) mass is 226 g/mol. The van der Waals surface area contributed by atoms with Gasteiger partial charge in [0.1, 0.15) is 5.83 Å². The van der Waals surface area contributed by atoms with Gasteiger partial charge in [-0.15, -0.1) is 0 Å². The molecule has 1 heteroatoms. The molecule has 0 unspecified atom stereocenters. The van der Waals surface area contributed by atoms with E-state index in [4.69, 9.17) is 0 Å². The second kappa shape index (κ2) is 5.44. The van der Waals surface area contributed by atoms with Crippen molar-refractivity contribution in [3.8, 4) is 0 Å². The minimum atomic E-state index is -0.198. The molecule has 86 valence electrons. The van der Waals surface area contributed by atoms with Crippen LogP contribution in [0.25, 0.3) is 6.08 Å². The van der Waals surface area contributed by atoms with Crippen LogP contribution in [0.5, 0.6) is 0 Å². The highest BCUT2D eigenvalue weighted by Gasteiger charge is 2.10. The first kappa shape index (κ1) is 11.6. The van der Waals surface area contributed by atoms with Gasteiger partial charge < -0.3 is 0 Å². The van der Waals surface area contributed by atoms with E-state index in [1.807, 2.05) is 67.6 Å². The molecule has 2 aromatic rings. The lowest BCUT2D eigenvalue weighted by atomic mass is 9.99. The summed E-state index contributed by atoms with van der Waals surface area (Å²) in [5, 5.41) is 0. The molecule has 17 heavy (non-hydrogen) atoms. The SMILES string of the molecule is C[C@@H](/C(F)=C\c1ccccc1)c1ccccc1. The van der Waals surface area contributed by atoms with Crippen molar-refractivity contribution >= 4 is 6.08 Å². The number of hydrogen-bond acceptors (Lipinski definition) is 0. The molecule has 0 saturated heterocycles. The van der Waals surface area contributed by atoms with Gasteiger partial charge in [-0.2, -0.15) is 0 Å². The molecule has 0 fully saturated rings. The van der Waals surface area contributed by atoms with Crippen LogP contribution in [0.2, 0.25) is 0 Å². The van der Waals surface area contributed by atoms with Crippen molar-refractivity contribution in [1.29, 1.82) is 0 Å². The maximum absolute atomic E-state index is 14.0. The van der Waals surface area contributed by atoms with E-state index in [0.29, 0.717) is 0 Å². The second-order valence-corrected chi connectivity index (χ2v) is 4.07. The van der Waals surface area contributed by atoms with E-state index in [1.165, 1.54) is 0 Å². The first-order chi connectivity index (χ1) is 8.27. The largest absolute Gasteiger partial charge is 0.211 e. The lowest BCUT2D eigenvalue weighted by Crippen LogP contribution is -1.93. The van der Waals surface area contributed by atoms with Crippen molar-refractivity contribution in [3.63, 3.8) is 0 Å². The summed E-state index contributed by atoms with van der Waals surface area (Å²) in [5.74, 6) is -0.307. The standard InChI is InChI=1S/C16H15F/c1-13(15-10-6-3-7-11-15)16(17)12-14-8-4-2-5-9-14/h2-13H,1H3/b16-12+/t13-/m1/s1. The second-order valence-electron chi connectivity index (χ2n) is 4.07. The molecule has 0 radical (unpaired) electrons. The minimum Gasteiger partial charge on any atom is -0.211 e. The normalized spacial score (nSPS) is 13.4. The first-order valence-electron chi connectivity index (χ1n) is 5.74. The van der Waals surface area contributed by atoms with Gasteiger partial charge in [0.15, 0.2) is 0 Å².